The number of carboxylic acids is 1. The molecule has 0 spiro atoms. The van der Waals surface area contributed by atoms with Crippen molar-refractivity contribution in [2.45, 2.75) is 45.6 Å². The van der Waals surface area contributed by atoms with Crippen LogP contribution in [0.15, 0.2) is 11.1 Å². The van der Waals surface area contributed by atoms with Crippen molar-refractivity contribution in [1.29, 1.82) is 0 Å². The Kier molecular flexibility index (Phi) is 6.87. The lowest BCUT2D eigenvalue weighted by Crippen LogP contribution is -2.41. The van der Waals surface area contributed by atoms with Gasteiger partial charge in [-0.25, -0.2) is 9.59 Å². The van der Waals surface area contributed by atoms with Crippen molar-refractivity contribution in [3.63, 3.8) is 0 Å². The van der Waals surface area contributed by atoms with E-state index < -0.39 is 17.9 Å². The van der Waals surface area contributed by atoms with Gasteiger partial charge in [0.05, 0.1) is 12.7 Å². The molecule has 0 aromatic carbocycles. The van der Waals surface area contributed by atoms with E-state index in [1.807, 2.05) is 0 Å². The third-order valence-corrected chi connectivity index (χ3v) is 3.49. The SMILES string of the molecule is CC(C(=O)O)=C(C)C(=O)NC(=O)NCCOC1CCCC1. The van der Waals surface area contributed by atoms with Crippen molar-refractivity contribution in [1.82, 2.24) is 10.6 Å². The lowest BCUT2D eigenvalue weighted by atomic mass is 10.1. The summed E-state index contributed by atoms with van der Waals surface area (Å²) in [5.74, 6) is -1.91. The molecule has 1 rings (SSSR count). The second kappa shape index (κ2) is 8.41. The summed E-state index contributed by atoms with van der Waals surface area (Å²) < 4.78 is 5.56. The van der Waals surface area contributed by atoms with Crippen LogP contribution in [0.25, 0.3) is 0 Å². The van der Waals surface area contributed by atoms with E-state index in [0.717, 1.165) is 12.8 Å². The maximum atomic E-state index is 11.6. The third kappa shape index (κ3) is 5.95. The van der Waals surface area contributed by atoms with E-state index >= 15 is 0 Å². The van der Waals surface area contributed by atoms with E-state index in [0.29, 0.717) is 13.2 Å². The number of carbonyl (C=O) groups is 3. The quantitative estimate of drug-likeness (QED) is 0.504. The Morgan fingerprint density at radius 2 is 1.76 bits per heavy atom. The van der Waals surface area contributed by atoms with Gasteiger partial charge in [-0.2, -0.15) is 0 Å². The summed E-state index contributed by atoms with van der Waals surface area (Å²) in [6.07, 6.45) is 4.76. The van der Waals surface area contributed by atoms with Gasteiger partial charge in [-0.3, -0.25) is 10.1 Å². The molecule has 21 heavy (non-hydrogen) atoms. The van der Waals surface area contributed by atoms with E-state index in [2.05, 4.69) is 10.6 Å². The van der Waals surface area contributed by atoms with Crippen molar-refractivity contribution in [3.8, 4) is 0 Å². The first-order chi connectivity index (χ1) is 9.91. The van der Waals surface area contributed by atoms with Crippen LogP contribution in [0.4, 0.5) is 4.79 Å². The maximum absolute atomic E-state index is 11.6. The fraction of sp³-hybridized carbons (Fsp3) is 0.643. The van der Waals surface area contributed by atoms with Gasteiger partial charge in [-0.05, 0) is 26.7 Å². The summed E-state index contributed by atoms with van der Waals surface area (Å²) in [7, 11) is 0. The molecule has 0 radical (unpaired) electrons. The van der Waals surface area contributed by atoms with Gasteiger partial charge < -0.3 is 15.2 Å². The van der Waals surface area contributed by atoms with Gasteiger partial charge in [0.1, 0.15) is 0 Å². The van der Waals surface area contributed by atoms with Crippen LogP contribution >= 0.6 is 0 Å². The second-order valence-corrected chi connectivity index (χ2v) is 5.04. The maximum Gasteiger partial charge on any atom is 0.331 e. The molecule has 0 saturated heterocycles. The molecule has 1 fully saturated rings. The summed E-state index contributed by atoms with van der Waals surface area (Å²) in [6.45, 7) is 3.37. The molecule has 1 aliphatic rings. The molecule has 0 aromatic heterocycles. The molecule has 7 nitrogen and oxygen atoms in total. The van der Waals surface area contributed by atoms with Gasteiger partial charge in [0, 0.05) is 17.7 Å². The third-order valence-electron chi connectivity index (χ3n) is 3.49. The molecule has 3 N–H and O–H groups in total. The van der Waals surface area contributed by atoms with E-state index in [1.54, 1.807) is 0 Å². The molecule has 3 amide bonds. The molecule has 0 aliphatic heterocycles. The first kappa shape index (κ1) is 17.2. The monoisotopic (exact) mass is 298 g/mol. The number of ether oxygens (including phenoxy) is 1. The van der Waals surface area contributed by atoms with Gasteiger partial charge in [-0.1, -0.05) is 12.8 Å². The molecule has 0 aromatic rings. The predicted molar refractivity (Wildman–Crippen MR) is 75.8 cm³/mol. The molecule has 0 atom stereocenters. The van der Waals surface area contributed by atoms with Crippen molar-refractivity contribution < 1.29 is 24.2 Å². The number of nitrogens with one attached hydrogen (secondary N) is 2. The molecule has 0 unspecified atom stereocenters. The normalized spacial score (nSPS) is 16.3. The average Bonchev–Trinajstić information content (AvgIpc) is 2.94. The highest BCUT2D eigenvalue weighted by molar-refractivity contribution is 6.07. The number of amides is 3. The molecule has 0 heterocycles. The van der Waals surface area contributed by atoms with E-state index in [1.165, 1.54) is 26.7 Å². The number of hydrogen-bond acceptors (Lipinski definition) is 4. The highest BCUT2D eigenvalue weighted by Gasteiger charge is 2.16. The minimum Gasteiger partial charge on any atom is -0.478 e. The van der Waals surface area contributed by atoms with Crippen molar-refractivity contribution in [3.05, 3.63) is 11.1 Å². The van der Waals surface area contributed by atoms with Crippen LogP contribution in [-0.2, 0) is 14.3 Å². The standard InChI is InChI=1S/C14H22N2O5/c1-9(10(2)13(18)19)12(17)16-14(20)15-7-8-21-11-5-3-4-6-11/h11H,3-8H2,1-2H3,(H,18,19)(H2,15,16,17,20). The van der Waals surface area contributed by atoms with Gasteiger partial charge in [-0.15, -0.1) is 0 Å². The smallest absolute Gasteiger partial charge is 0.331 e. The summed E-state index contributed by atoms with van der Waals surface area (Å²) in [5.41, 5.74) is -0.0928. The molecule has 1 aliphatic carbocycles. The first-order valence-corrected chi connectivity index (χ1v) is 7.03. The van der Waals surface area contributed by atoms with Crippen LogP contribution in [0.1, 0.15) is 39.5 Å². The zero-order valence-corrected chi connectivity index (χ0v) is 12.4. The van der Waals surface area contributed by atoms with E-state index in [4.69, 9.17) is 9.84 Å². The predicted octanol–water partition coefficient (Wildman–Crippen LogP) is 1.19. The number of rotatable bonds is 6. The number of imide groups is 1. The van der Waals surface area contributed by atoms with Gasteiger partial charge in [0.15, 0.2) is 0 Å². The number of carboxylic acid groups (broad SMARTS) is 1. The average molecular weight is 298 g/mol. The fourth-order valence-electron chi connectivity index (χ4n) is 2.02. The van der Waals surface area contributed by atoms with Crippen molar-refractivity contribution in [2.24, 2.45) is 0 Å². The molecule has 7 heteroatoms. The Morgan fingerprint density at radius 1 is 1.14 bits per heavy atom. The highest BCUT2D eigenvalue weighted by atomic mass is 16.5. The first-order valence-electron chi connectivity index (χ1n) is 7.03. The number of aliphatic carboxylic acids is 1. The van der Waals surface area contributed by atoms with Crippen molar-refractivity contribution in [2.75, 3.05) is 13.2 Å². The van der Waals surface area contributed by atoms with E-state index in [9.17, 15) is 14.4 Å². The van der Waals surface area contributed by atoms with Crippen molar-refractivity contribution >= 4 is 17.9 Å². The highest BCUT2D eigenvalue weighted by Crippen LogP contribution is 2.20. The summed E-state index contributed by atoms with van der Waals surface area (Å²) >= 11 is 0. The lowest BCUT2D eigenvalue weighted by Gasteiger charge is -2.12. The largest absolute Gasteiger partial charge is 0.478 e. The van der Waals surface area contributed by atoms with Crippen LogP contribution in [-0.4, -0.2) is 42.3 Å². The molecular weight excluding hydrogens is 276 g/mol. The molecule has 118 valence electrons. The second-order valence-electron chi connectivity index (χ2n) is 5.04. The zero-order chi connectivity index (χ0) is 15.8. The van der Waals surface area contributed by atoms with Crippen LogP contribution in [0.2, 0.25) is 0 Å². The Bertz CT molecular complexity index is 439. The number of hydrogen-bond donors (Lipinski definition) is 3. The molecule has 0 bridgehead atoms. The van der Waals surface area contributed by atoms with Crippen LogP contribution < -0.4 is 10.6 Å². The van der Waals surface area contributed by atoms with Crippen LogP contribution in [0.5, 0.6) is 0 Å². The number of urea groups is 1. The Morgan fingerprint density at radius 3 is 2.33 bits per heavy atom. The van der Waals surface area contributed by atoms with Gasteiger partial charge >= 0.3 is 12.0 Å². The Labute approximate surface area is 123 Å². The number of carbonyl (C=O) groups excluding carboxylic acids is 2. The summed E-state index contributed by atoms with van der Waals surface area (Å²) in [4.78, 5) is 33.8. The minimum atomic E-state index is -1.19. The summed E-state index contributed by atoms with van der Waals surface area (Å²) in [6, 6.07) is -0.660. The van der Waals surface area contributed by atoms with Crippen LogP contribution in [0, 0.1) is 0 Å². The lowest BCUT2D eigenvalue weighted by molar-refractivity contribution is -0.133. The molecular formula is C14H22N2O5. The molecule has 1 saturated carbocycles. The topological polar surface area (TPSA) is 105 Å². The minimum absolute atomic E-state index is 0.000134. The van der Waals surface area contributed by atoms with Crippen LogP contribution in [0.3, 0.4) is 0 Å². The zero-order valence-electron chi connectivity index (χ0n) is 12.4. The Hall–Kier alpha value is -1.89. The fourth-order valence-corrected chi connectivity index (χ4v) is 2.02. The van der Waals surface area contributed by atoms with Gasteiger partial charge in [0.25, 0.3) is 5.91 Å². The van der Waals surface area contributed by atoms with E-state index in [-0.39, 0.29) is 17.3 Å². The van der Waals surface area contributed by atoms with Gasteiger partial charge in [0.2, 0.25) is 0 Å². The Balaban J connectivity index is 2.25. The summed E-state index contributed by atoms with van der Waals surface area (Å²) in [5, 5.41) is 13.3.